The Morgan fingerprint density at radius 2 is 1.71 bits per heavy atom. The number of amides is 2. The van der Waals surface area contributed by atoms with E-state index in [1.54, 1.807) is 55.6 Å². The average molecular weight is 456 g/mol. The molecule has 7 heteroatoms. The highest BCUT2D eigenvalue weighted by Crippen LogP contribution is 2.23. The first-order chi connectivity index (χ1) is 16.4. The van der Waals surface area contributed by atoms with Crippen LogP contribution in [-0.4, -0.2) is 25.5 Å². The van der Waals surface area contributed by atoms with E-state index in [4.69, 9.17) is 9.47 Å². The first-order valence-electron chi connectivity index (χ1n) is 10.6. The zero-order valence-electron chi connectivity index (χ0n) is 19.2. The summed E-state index contributed by atoms with van der Waals surface area (Å²) in [5.74, 6) is 0.158. The molecule has 3 aromatic carbocycles. The molecule has 0 unspecified atom stereocenters. The number of methoxy groups -OCH3 is 1. The standard InChI is InChI=1S/C27H25N3O4/c1-18-7-6-9-24(19(18)2)30-26(31)17-34-25-10-5-4-8-20(25)15-21(16-28)27(32)29-22-11-13-23(33-3)14-12-22/h4-15H,17H2,1-3H3,(H,29,32)(H,30,31)/b21-15-. The van der Waals surface area contributed by atoms with Crippen LogP contribution in [0.2, 0.25) is 0 Å². The summed E-state index contributed by atoms with van der Waals surface area (Å²) in [5, 5.41) is 15.1. The van der Waals surface area contributed by atoms with Crippen molar-refractivity contribution in [2.24, 2.45) is 0 Å². The van der Waals surface area contributed by atoms with Gasteiger partial charge in [0.25, 0.3) is 11.8 Å². The maximum absolute atomic E-state index is 12.6. The van der Waals surface area contributed by atoms with Crippen LogP contribution in [0, 0.1) is 25.2 Å². The monoisotopic (exact) mass is 455 g/mol. The Hall–Kier alpha value is -4.57. The zero-order chi connectivity index (χ0) is 24.5. The maximum Gasteiger partial charge on any atom is 0.266 e. The van der Waals surface area contributed by atoms with Crippen molar-refractivity contribution in [3.8, 4) is 17.6 Å². The van der Waals surface area contributed by atoms with Gasteiger partial charge in [0, 0.05) is 16.9 Å². The number of aryl methyl sites for hydroxylation is 1. The van der Waals surface area contributed by atoms with E-state index in [0.717, 1.165) is 16.8 Å². The number of rotatable bonds is 8. The molecular formula is C27H25N3O4. The molecule has 7 nitrogen and oxygen atoms in total. The first-order valence-corrected chi connectivity index (χ1v) is 10.6. The van der Waals surface area contributed by atoms with Crippen LogP contribution in [0.1, 0.15) is 16.7 Å². The van der Waals surface area contributed by atoms with Crippen molar-refractivity contribution < 1.29 is 19.1 Å². The molecule has 3 rings (SSSR count). The van der Waals surface area contributed by atoms with E-state index in [1.165, 1.54) is 6.08 Å². The molecule has 0 saturated carbocycles. The Bertz CT molecular complexity index is 1260. The van der Waals surface area contributed by atoms with Crippen molar-refractivity contribution in [3.05, 3.63) is 89.0 Å². The summed E-state index contributed by atoms with van der Waals surface area (Å²) < 4.78 is 10.8. The lowest BCUT2D eigenvalue weighted by Gasteiger charge is -2.12. The molecular weight excluding hydrogens is 430 g/mol. The molecule has 0 aliphatic carbocycles. The maximum atomic E-state index is 12.6. The van der Waals surface area contributed by atoms with Crippen LogP contribution in [0.15, 0.2) is 72.3 Å². The smallest absolute Gasteiger partial charge is 0.266 e. The summed E-state index contributed by atoms with van der Waals surface area (Å²) in [6.07, 6.45) is 1.43. The molecule has 0 spiro atoms. The largest absolute Gasteiger partial charge is 0.497 e. The lowest BCUT2D eigenvalue weighted by molar-refractivity contribution is -0.118. The SMILES string of the molecule is COc1ccc(NC(=O)/C(C#N)=C\c2ccccc2OCC(=O)Nc2cccc(C)c2C)cc1. The number of hydrogen-bond acceptors (Lipinski definition) is 5. The van der Waals surface area contributed by atoms with Gasteiger partial charge in [-0.05, 0) is 67.4 Å². The van der Waals surface area contributed by atoms with Crippen molar-refractivity contribution in [1.29, 1.82) is 5.26 Å². The molecule has 172 valence electrons. The third kappa shape index (κ3) is 6.24. The molecule has 0 aliphatic rings. The van der Waals surface area contributed by atoms with Gasteiger partial charge in [0.15, 0.2) is 6.61 Å². The molecule has 0 radical (unpaired) electrons. The van der Waals surface area contributed by atoms with Crippen LogP contribution in [0.5, 0.6) is 11.5 Å². The Balaban J connectivity index is 1.70. The quantitative estimate of drug-likeness (QED) is 0.373. The van der Waals surface area contributed by atoms with Gasteiger partial charge in [0.05, 0.1) is 7.11 Å². The van der Waals surface area contributed by atoms with Crippen molar-refractivity contribution >= 4 is 29.3 Å². The van der Waals surface area contributed by atoms with E-state index >= 15 is 0 Å². The summed E-state index contributed by atoms with van der Waals surface area (Å²) in [5.41, 5.74) is 3.71. The summed E-state index contributed by atoms with van der Waals surface area (Å²) >= 11 is 0. The molecule has 0 bridgehead atoms. The second-order valence-electron chi connectivity index (χ2n) is 7.47. The van der Waals surface area contributed by atoms with Crippen LogP contribution in [0.4, 0.5) is 11.4 Å². The molecule has 0 saturated heterocycles. The number of carbonyl (C=O) groups is 2. The van der Waals surface area contributed by atoms with E-state index in [-0.39, 0.29) is 18.1 Å². The number of ether oxygens (including phenoxy) is 2. The van der Waals surface area contributed by atoms with Crippen molar-refractivity contribution in [2.75, 3.05) is 24.4 Å². The topological polar surface area (TPSA) is 100 Å². The van der Waals surface area contributed by atoms with Gasteiger partial charge in [0.1, 0.15) is 23.1 Å². The fourth-order valence-corrected chi connectivity index (χ4v) is 3.12. The van der Waals surface area contributed by atoms with Crippen LogP contribution in [-0.2, 0) is 9.59 Å². The van der Waals surface area contributed by atoms with Crippen molar-refractivity contribution in [1.82, 2.24) is 0 Å². The van der Waals surface area contributed by atoms with Gasteiger partial charge in [-0.2, -0.15) is 5.26 Å². The number of benzene rings is 3. The van der Waals surface area contributed by atoms with E-state index < -0.39 is 5.91 Å². The first kappa shape index (κ1) is 24.1. The average Bonchev–Trinajstić information content (AvgIpc) is 2.85. The van der Waals surface area contributed by atoms with Gasteiger partial charge in [-0.25, -0.2) is 0 Å². The third-order valence-corrected chi connectivity index (χ3v) is 5.17. The van der Waals surface area contributed by atoms with Crippen molar-refractivity contribution in [3.63, 3.8) is 0 Å². The lowest BCUT2D eigenvalue weighted by Crippen LogP contribution is -2.21. The predicted octanol–water partition coefficient (Wildman–Crippen LogP) is 4.88. The number of para-hydroxylation sites is 1. The minimum Gasteiger partial charge on any atom is -0.497 e. The van der Waals surface area contributed by atoms with E-state index in [2.05, 4.69) is 10.6 Å². The molecule has 0 aromatic heterocycles. The van der Waals surface area contributed by atoms with Gasteiger partial charge in [0.2, 0.25) is 0 Å². The van der Waals surface area contributed by atoms with Gasteiger partial charge in [-0.3, -0.25) is 9.59 Å². The number of nitrogens with zero attached hydrogens (tertiary/aromatic N) is 1. The Kier molecular flexibility index (Phi) is 8.03. The Morgan fingerprint density at radius 3 is 2.41 bits per heavy atom. The number of anilines is 2. The normalized spacial score (nSPS) is 10.7. The molecule has 0 heterocycles. The third-order valence-electron chi connectivity index (χ3n) is 5.17. The van der Waals surface area contributed by atoms with Gasteiger partial charge in [-0.1, -0.05) is 30.3 Å². The fourth-order valence-electron chi connectivity index (χ4n) is 3.12. The minimum atomic E-state index is -0.560. The van der Waals surface area contributed by atoms with Crippen molar-refractivity contribution in [2.45, 2.75) is 13.8 Å². The van der Waals surface area contributed by atoms with Crippen LogP contribution >= 0.6 is 0 Å². The second-order valence-corrected chi connectivity index (χ2v) is 7.47. The van der Waals surface area contributed by atoms with E-state index in [1.807, 2.05) is 38.1 Å². The van der Waals surface area contributed by atoms with Crippen LogP contribution in [0.25, 0.3) is 6.08 Å². The van der Waals surface area contributed by atoms with Crippen LogP contribution < -0.4 is 20.1 Å². The molecule has 2 N–H and O–H groups in total. The van der Waals surface area contributed by atoms with Gasteiger partial charge >= 0.3 is 0 Å². The van der Waals surface area contributed by atoms with Gasteiger partial charge in [-0.15, -0.1) is 0 Å². The summed E-state index contributed by atoms with van der Waals surface area (Å²) in [7, 11) is 1.55. The number of nitrogens with one attached hydrogen (secondary N) is 2. The highest BCUT2D eigenvalue weighted by atomic mass is 16.5. The van der Waals surface area contributed by atoms with E-state index in [0.29, 0.717) is 22.7 Å². The zero-order valence-corrected chi connectivity index (χ0v) is 19.2. The van der Waals surface area contributed by atoms with Crippen LogP contribution in [0.3, 0.4) is 0 Å². The molecule has 0 aliphatic heterocycles. The summed E-state index contributed by atoms with van der Waals surface area (Å²) in [6.45, 7) is 3.69. The predicted molar refractivity (Wildman–Crippen MR) is 132 cm³/mol. The Labute approximate surface area is 198 Å². The fraction of sp³-hybridized carbons (Fsp3) is 0.148. The Morgan fingerprint density at radius 1 is 0.971 bits per heavy atom. The van der Waals surface area contributed by atoms with Gasteiger partial charge < -0.3 is 20.1 Å². The summed E-state index contributed by atoms with van der Waals surface area (Å²) in [4.78, 5) is 25.0. The molecule has 34 heavy (non-hydrogen) atoms. The number of hydrogen-bond donors (Lipinski definition) is 2. The number of carbonyl (C=O) groups excluding carboxylic acids is 2. The molecule has 0 fully saturated rings. The second kappa shape index (κ2) is 11.3. The minimum absolute atomic E-state index is 0.105. The van der Waals surface area contributed by atoms with E-state index in [9.17, 15) is 14.9 Å². The summed E-state index contributed by atoms with van der Waals surface area (Å²) in [6, 6.07) is 21.2. The highest BCUT2D eigenvalue weighted by Gasteiger charge is 2.13. The molecule has 3 aromatic rings. The number of nitriles is 1. The lowest BCUT2D eigenvalue weighted by atomic mass is 10.1. The molecule has 2 amide bonds. The highest BCUT2D eigenvalue weighted by molar-refractivity contribution is 6.09. The molecule has 0 atom stereocenters.